The molecule has 0 unspecified atom stereocenters. The molecule has 2 atom stereocenters. The minimum atomic E-state index is 0.204. The lowest BCUT2D eigenvalue weighted by atomic mass is 9.89. The van der Waals surface area contributed by atoms with Gasteiger partial charge in [0.2, 0.25) is 5.91 Å². The molecule has 166 valence electrons. The van der Waals surface area contributed by atoms with Crippen LogP contribution >= 0.6 is 23.1 Å². The van der Waals surface area contributed by atoms with E-state index < -0.39 is 0 Å². The number of hydrogen-bond donors (Lipinski definition) is 0. The number of thiophene rings is 1. The Morgan fingerprint density at radius 3 is 2.84 bits per heavy atom. The Labute approximate surface area is 191 Å². The fourth-order valence-corrected chi connectivity index (χ4v) is 7.18. The molecule has 2 aliphatic rings. The Balaban J connectivity index is 1.51. The molecule has 1 saturated heterocycles. The monoisotopic (exact) mass is 457 g/mol. The van der Waals surface area contributed by atoms with E-state index in [0.717, 1.165) is 59.7 Å². The lowest BCUT2D eigenvalue weighted by Crippen LogP contribution is -2.40. The summed E-state index contributed by atoms with van der Waals surface area (Å²) >= 11 is 3.34. The van der Waals surface area contributed by atoms with Crippen LogP contribution in [0, 0.1) is 11.8 Å². The maximum absolute atomic E-state index is 12.8. The minimum Gasteiger partial charge on any atom is -0.342 e. The van der Waals surface area contributed by atoms with Crippen LogP contribution in [0.5, 0.6) is 0 Å². The number of thioether (sulfide) groups is 1. The maximum atomic E-state index is 12.8. The van der Waals surface area contributed by atoms with Crippen molar-refractivity contribution in [1.29, 1.82) is 0 Å². The van der Waals surface area contributed by atoms with Crippen molar-refractivity contribution >= 4 is 44.9 Å². The van der Waals surface area contributed by atoms with Crippen molar-refractivity contribution in [3.8, 4) is 0 Å². The van der Waals surface area contributed by atoms with Gasteiger partial charge in [-0.25, -0.2) is 4.98 Å². The van der Waals surface area contributed by atoms with Gasteiger partial charge in [0.25, 0.3) is 0 Å². The number of piperidine rings is 1. The summed E-state index contributed by atoms with van der Waals surface area (Å²) in [5.74, 6) is 3.17. The predicted octanol–water partition coefficient (Wildman–Crippen LogP) is 4.94. The molecule has 1 fully saturated rings. The largest absolute Gasteiger partial charge is 0.342 e. The number of hydrogen-bond acceptors (Lipinski definition) is 6. The fourth-order valence-electron chi connectivity index (χ4n) is 4.95. The van der Waals surface area contributed by atoms with E-state index in [0.29, 0.717) is 11.7 Å². The van der Waals surface area contributed by atoms with Crippen LogP contribution in [-0.2, 0) is 17.6 Å². The average Bonchev–Trinajstić information content (AvgIpc) is 3.31. The summed E-state index contributed by atoms with van der Waals surface area (Å²) in [6, 6.07) is 0. The molecule has 6 nitrogen and oxygen atoms in total. The molecule has 0 radical (unpaired) electrons. The first kappa shape index (κ1) is 21.2. The van der Waals surface area contributed by atoms with Gasteiger partial charge in [-0.15, -0.1) is 21.5 Å². The zero-order chi connectivity index (χ0) is 21.7. The highest BCUT2D eigenvalue weighted by Crippen LogP contribution is 2.40. The summed E-state index contributed by atoms with van der Waals surface area (Å²) in [6.45, 7) is 10.6. The van der Waals surface area contributed by atoms with E-state index in [1.54, 1.807) is 0 Å². The van der Waals surface area contributed by atoms with Crippen molar-refractivity contribution in [2.45, 2.75) is 70.9 Å². The molecule has 1 amide bonds. The first-order valence-corrected chi connectivity index (χ1v) is 13.3. The molecular weight excluding hydrogens is 426 g/mol. The molecule has 0 N–H and O–H groups in total. The number of aromatic nitrogens is 4. The quantitative estimate of drug-likeness (QED) is 0.519. The summed E-state index contributed by atoms with van der Waals surface area (Å²) in [6.07, 6.45) is 5.77. The molecule has 5 rings (SSSR count). The van der Waals surface area contributed by atoms with Gasteiger partial charge in [0.15, 0.2) is 10.8 Å². The number of amides is 1. The fraction of sp³-hybridized carbons (Fsp3) is 0.652. The van der Waals surface area contributed by atoms with E-state index in [2.05, 4.69) is 42.3 Å². The van der Waals surface area contributed by atoms with Crippen molar-refractivity contribution in [3.63, 3.8) is 0 Å². The van der Waals surface area contributed by atoms with Crippen molar-refractivity contribution in [2.24, 2.45) is 11.8 Å². The second-order valence-electron chi connectivity index (χ2n) is 9.67. The summed E-state index contributed by atoms with van der Waals surface area (Å²) in [4.78, 5) is 22.5. The van der Waals surface area contributed by atoms with Crippen LogP contribution in [0.1, 0.15) is 69.1 Å². The van der Waals surface area contributed by atoms with Crippen LogP contribution in [0.4, 0.5) is 0 Å². The van der Waals surface area contributed by atoms with Gasteiger partial charge in [-0.1, -0.05) is 39.5 Å². The smallest absolute Gasteiger partial charge is 0.233 e. The molecule has 0 saturated carbocycles. The number of carbonyl (C=O) groups is 1. The van der Waals surface area contributed by atoms with Crippen LogP contribution in [0.15, 0.2) is 5.16 Å². The Bertz CT molecular complexity index is 1130. The standard InChI is InChI=1S/C23H31N5OS2/c1-13(2)20-24-22-19(16-8-7-14(3)10-17(16)31-22)21-25-26-23(28(20)21)30-12-18(29)27-9-5-6-15(4)11-27/h13-15H,5-12H2,1-4H3/t14-,15-/m0/s1. The predicted molar refractivity (Wildman–Crippen MR) is 127 cm³/mol. The second kappa shape index (κ2) is 8.35. The summed E-state index contributed by atoms with van der Waals surface area (Å²) < 4.78 is 2.12. The van der Waals surface area contributed by atoms with Gasteiger partial charge in [-0.2, -0.15) is 0 Å². The normalized spacial score (nSPS) is 21.9. The van der Waals surface area contributed by atoms with E-state index in [4.69, 9.17) is 4.98 Å². The number of aryl methyl sites for hydroxylation is 1. The summed E-state index contributed by atoms with van der Waals surface area (Å²) in [7, 11) is 0. The number of fused-ring (bicyclic) bond motifs is 5. The van der Waals surface area contributed by atoms with Gasteiger partial charge in [-0.05, 0) is 49.5 Å². The van der Waals surface area contributed by atoms with Crippen LogP contribution in [0.2, 0.25) is 0 Å². The van der Waals surface area contributed by atoms with Crippen molar-refractivity contribution in [3.05, 3.63) is 16.3 Å². The Hall–Kier alpha value is -1.67. The molecule has 31 heavy (non-hydrogen) atoms. The van der Waals surface area contributed by atoms with E-state index in [-0.39, 0.29) is 11.8 Å². The topological polar surface area (TPSA) is 63.4 Å². The molecule has 8 heteroatoms. The molecule has 1 aliphatic carbocycles. The Morgan fingerprint density at radius 1 is 1.23 bits per heavy atom. The Kier molecular flexibility index (Phi) is 5.71. The lowest BCUT2D eigenvalue weighted by Gasteiger charge is -2.30. The number of nitrogens with zero attached hydrogens (tertiary/aromatic N) is 5. The Morgan fingerprint density at radius 2 is 2.06 bits per heavy atom. The van der Waals surface area contributed by atoms with Crippen LogP contribution < -0.4 is 0 Å². The molecular formula is C23H31N5OS2. The highest BCUT2D eigenvalue weighted by Gasteiger charge is 2.27. The molecule has 4 heterocycles. The number of carbonyl (C=O) groups excluding carboxylic acids is 1. The highest BCUT2D eigenvalue weighted by molar-refractivity contribution is 7.99. The molecule has 3 aromatic rings. The van der Waals surface area contributed by atoms with Gasteiger partial charge in [0.05, 0.1) is 11.1 Å². The first-order valence-electron chi connectivity index (χ1n) is 11.5. The van der Waals surface area contributed by atoms with Gasteiger partial charge in [0, 0.05) is 23.9 Å². The van der Waals surface area contributed by atoms with E-state index in [9.17, 15) is 4.79 Å². The van der Waals surface area contributed by atoms with E-state index in [1.807, 2.05) is 16.2 Å². The van der Waals surface area contributed by atoms with Crippen LogP contribution in [0.25, 0.3) is 15.9 Å². The van der Waals surface area contributed by atoms with E-state index >= 15 is 0 Å². The van der Waals surface area contributed by atoms with Crippen LogP contribution in [-0.4, -0.2) is 49.2 Å². The zero-order valence-corrected chi connectivity index (χ0v) is 20.5. The van der Waals surface area contributed by atoms with E-state index in [1.165, 1.54) is 40.4 Å². The van der Waals surface area contributed by atoms with Gasteiger partial charge < -0.3 is 4.90 Å². The van der Waals surface area contributed by atoms with Gasteiger partial charge in [-0.3, -0.25) is 9.20 Å². The molecule has 0 aromatic carbocycles. The third-order valence-corrected chi connectivity index (χ3v) is 8.71. The molecule has 3 aromatic heterocycles. The summed E-state index contributed by atoms with van der Waals surface area (Å²) in [5.41, 5.74) is 2.34. The average molecular weight is 458 g/mol. The second-order valence-corrected chi connectivity index (χ2v) is 11.7. The number of likely N-dealkylation sites (tertiary alicyclic amines) is 1. The van der Waals surface area contributed by atoms with Crippen molar-refractivity contribution < 1.29 is 4.79 Å². The highest BCUT2D eigenvalue weighted by atomic mass is 32.2. The van der Waals surface area contributed by atoms with Crippen LogP contribution in [0.3, 0.4) is 0 Å². The molecule has 0 spiro atoms. The zero-order valence-electron chi connectivity index (χ0n) is 18.8. The third kappa shape index (κ3) is 3.86. The summed E-state index contributed by atoms with van der Waals surface area (Å²) in [5, 5.41) is 11.1. The minimum absolute atomic E-state index is 0.204. The molecule has 1 aliphatic heterocycles. The van der Waals surface area contributed by atoms with Gasteiger partial charge in [0.1, 0.15) is 10.7 Å². The number of rotatable bonds is 4. The van der Waals surface area contributed by atoms with Gasteiger partial charge >= 0.3 is 0 Å². The third-order valence-electron chi connectivity index (χ3n) is 6.65. The first-order chi connectivity index (χ1) is 14.9. The SMILES string of the molecule is CC(C)c1nc2sc3c(c2c2nnc(SCC(=O)N4CCC[C@H](C)C4)n12)CC[C@H](C)C3. The van der Waals surface area contributed by atoms with Crippen molar-refractivity contribution in [2.75, 3.05) is 18.8 Å². The van der Waals surface area contributed by atoms with Crippen molar-refractivity contribution in [1.82, 2.24) is 24.5 Å². The molecule has 0 bridgehead atoms. The lowest BCUT2D eigenvalue weighted by molar-refractivity contribution is -0.130. The maximum Gasteiger partial charge on any atom is 0.233 e.